The van der Waals surface area contributed by atoms with Gasteiger partial charge in [0, 0.05) is 31.8 Å². The first kappa shape index (κ1) is 40.7. The fraction of sp³-hybridized carbons (Fsp3) is 0.579. The van der Waals surface area contributed by atoms with E-state index in [0.717, 1.165) is 5.56 Å². The van der Waals surface area contributed by atoms with Crippen LogP contribution < -0.4 is 16.0 Å². The predicted molar refractivity (Wildman–Crippen MR) is 196 cm³/mol. The highest BCUT2D eigenvalue weighted by molar-refractivity contribution is 6.02. The number of amides is 7. The van der Waals surface area contributed by atoms with Crippen molar-refractivity contribution in [1.82, 2.24) is 30.7 Å². The summed E-state index contributed by atoms with van der Waals surface area (Å²) in [5, 5.41) is 8.07. The number of rotatable bonds is 8. The lowest BCUT2D eigenvalue weighted by atomic mass is 10.0. The van der Waals surface area contributed by atoms with Gasteiger partial charge in [-0.2, -0.15) is 4.99 Å². The molecule has 3 fully saturated rings. The smallest absolute Gasteiger partial charge is 0.341 e. The molecule has 3 heterocycles. The van der Waals surface area contributed by atoms with Crippen LogP contribution in [0.5, 0.6) is 0 Å². The minimum Gasteiger partial charge on any atom is -0.461 e. The summed E-state index contributed by atoms with van der Waals surface area (Å²) in [6.45, 7) is 10.4. The molecule has 53 heavy (non-hydrogen) atoms. The van der Waals surface area contributed by atoms with Crippen LogP contribution in [-0.2, 0) is 39.9 Å². The number of carbonyl (C=O) groups is 7. The molecule has 1 aromatic rings. The van der Waals surface area contributed by atoms with Gasteiger partial charge in [-0.15, -0.1) is 0 Å². The van der Waals surface area contributed by atoms with Gasteiger partial charge in [0.25, 0.3) is 0 Å². The fourth-order valence-electron chi connectivity index (χ4n) is 7.10. The van der Waals surface area contributed by atoms with Crippen molar-refractivity contribution in [2.24, 2.45) is 10.9 Å². The van der Waals surface area contributed by atoms with Gasteiger partial charge in [0.1, 0.15) is 42.9 Å². The van der Waals surface area contributed by atoms with E-state index in [-0.39, 0.29) is 32.0 Å². The first-order chi connectivity index (χ1) is 25.2. The number of benzene rings is 1. The maximum absolute atomic E-state index is 14.4. The van der Waals surface area contributed by atoms with Crippen molar-refractivity contribution < 1.29 is 38.3 Å². The number of hydrogen-bond acceptors (Lipinski definition) is 8. The summed E-state index contributed by atoms with van der Waals surface area (Å²) in [6.07, 6.45) is 5.06. The Morgan fingerprint density at radius 1 is 1.02 bits per heavy atom. The van der Waals surface area contributed by atoms with Crippen LogP contribution in [0.3, 0.4) is 0 Å². The number of aliphatic imine (C=N–C) groups is 1. The van der Waals surface area contributed by atoms with Gasteiger partial charge in [0.2, 0.25) is 29.5 Å². The van der Waals surface area contributed by atoms with E-state index in [1.165, 1.54) is 21.6 Å². The van der Waals surface area contributed by atoms with Crippen molar-refractivity contribution >= 4 is 47.2 Å². The van der Waals surface area contributed by atoms with Crippen molar-refractivity contribution in [3.05, 3.63) is 48.0 Å². The first-order valence-corrected chi connectivity index (χ1v) is 18.5. The van der Waals surface area contributed by atoms with Crippen LogP contribution in [0.15, 0.2) is 47.5 Å². The molecule has 3 aliphatic rings. The molecule has 3 aliphatic heterocycles. The molecule has 7 amide bonds. The Balaban J connectivity index is 1.71. The van der Waals surface area contributed by atoms with Crippen LogP contribution in [0.25, 0.3) is 0 Å². The summed E-state index contributed by atoms with van der Waals surface area (Å²) in [4.78, 5) is 104. The van der Waals surface area contributed by atoms with E-state index in [2.05, 4.69) is 20.9 Å². The Morgan fingerprint density at radius 3 is 2.42 bits per heavy atom. The van der Waals surface area contributed by atoms with Gasteiger partial charge in [-0.3, -0.25) is 24.0 Å². The second-order valence-corrected chi connectivity index (χ2v) is 14.1. The maximum Gasteiger partial charge on any atom is 0.341 e. The summed E-state index contributed by atoms with van der Waals surface area (Å²) in [5.74, 6) is -3.66. The molecular formula is C38H53N7O8. The van der Waals surface area contributed by atoms with E-state index in [4.69, 9.17) is 4.74 Å². The normalized spacial score (nSPS) is 26.9. The molecular weight excluding hydrogens is 682 g/mol. The summed E-state index contributed by atoms with van der Waals surface area (Å²) in [5.41, 5.74) is 1.15. The lowest BCUT2D eigenvalue weighted by Gasteiger charge is -2.36. The molecule has 0 radical (unpaired) electrons. The zero-order valence-electron chi connectivity index (χ0n) is 31.5. The highest BCUT2D eigenvalue weighted by Crippen LogP contribution is 2.26. The number of esters is 1. The Labute approximate surface area is 310 Å². The lowest BCUT2D eigenvalue weighted by molar-refractivity contribution is -0.158. The fourth-order valence-corrected chi connectivity index (χ4v) is 7.10. The third kappa shape index (κ3) is 10.3. The predicted octanol–water partition coefficient (Wildman–Crippen LogP) is 1.75. The maximum atomic E-state index is 14.4. The minimum atomic E-state index is -1.45. The number of allylic oxidation sites excluding steroid dienone is 2. The van der Waals surface area contributed by atoms with Crippen LogP contribution in [0.1, 0.15) is 72.8 Å². The Morgan fingerprint density at radius 2 is 1.74 bits per heavy atom. The second-order valence-electron chi connectivity index (χ2n) is 14.1. The molecule has 1 aromatic carbocycles. The summed E-state index contributed by atoms with van der Waals surface area (Å²) < 4.78 is 5.71. The topological polar surface area (TPSA) is 187 Å². The number of nitrogens with one attached hydrogen (secondary N) is 3. The van der Waals surface area contributed by atoms with Crippen molar-refractivity contribution in [3.8, 4) is 0 Å². The SMILES string of the molecule is C/C=C\C(C)=NC(=O)NC(Cc1ccccc1)C(=O)NC1COC(=O)C2CC(C)CN2C(=O)C(C)NC(=O)C(C)N(CCC)C(=O)C2CCCN2C1=O. The molecule has 0 saturated carbocycles. The van der Waals surface area contributed by atoms with Gasteiger partial charge in [0.15, 0.2) is 0 Å². The number of urea groups is 1. The lowest BCUT2D eigenvalue weighted by Crippen LogP contribution is -2.61. The quantitative estimate of drug-likeness (QED) is 0.266. The molecule has 7 atom stereocenters. The third-order valence-corrected chi connectivity index (χ3v) is 9.80. The van der Waals surface area contributed by atoms with Gasteiger partial charge in [-0.05, 0) is 70.9 Å². The molecule has 288 valence electrons. The highest BCUT2D eigenvalue weighted by atomic mass is 16.5. The molecule has 15 nitrogen and oxygen atoms in total. The average molecular weight is 736 g/mol. The van der Waals surface area contributed by atoms with Crippen LogP contribution >= 0.6 is 0 Å². The monoisotopic (exact) mass is 735 g/mol. The van der Waals surface area contributed by atoms with Crippen molar-refractivity contribution in [3.63, 3.8) is 0 Å². The molecule has 4 rings (SSSR count). The van der Waals surface area contributed by atoms with Crippen LogP contribution in [-0.4, -0.2) is 124 Å². The molecule has 3 N–H and O–H groups in total. The van der Waals surface area contributed by atoms with Gasteiger partial charge >= 0.3 is 12.0 Å². The minimum absolute atomic E-state index is 0.0537. The van der Waals surface area contributed by atoms with E-state index in [1.807, 2.05) is 19.9 Å². The number of hydrogen-bond donors (Lipinski definition) is 3. The van der Waals surface area contributed by atoms with Crippen molar-refractivity contribution in [1.29, 1.82) is 0 Å². The van der Waals surface area contributed by atoms with E-state index in [0.29, 0.717) is 31.4 Å². The zero-order chi connectivity index (χ0) is 38.8. The van der Waals surface area contributed by atoms with Crippen LogP contribution in [0, 0.1) is 5.92 Å². The van der Waals surface area contributed by atoms with Gasteiger partial charge < -0.3 is 35.4 Å². The number of ether oxygens (including phenoxy) is 1. The number of cyclic esters (lactones) is 1. The molecule has 0 spiro atoms. The Kier molecular flexibility index (Phi) is 14.3. The molecule has 3 saturated heterocycles. The van der Waals surface area contributed by atoms with E-state index >= 15 is 0 Å². The first-order valence-electron chi connectivity index (χ1n) is 18.5. The van der Waals surface area contributed by atoms with E-state index in [9.17, 15) is 33.6 Å². The highest BCUT2D eigenvalue weighted by Gasteiger charge is 2.45. The summed E-state index contributed by atoms with van der Waals surface area (Å²) >= 11 is 0. The zero-order valence-corrected chi connectivity index (χ0v) is 31.5. The largest absolute Gasteiger partial charge is 0.461 e. The molecule has 0 bridgehead atoms. The van der Waals surface area contributed by atoms with E-state index in [1.54, 1.807) is 57.2 Å². The third-order valence-electron chi connectivity index (χ3n) is 9.80. The Bertz CT molecular complexity index is 1600. The second kappa shape index (κ2) is 18.6. The van der Waals surface area contributed by atoms with Crippen LogP contribution in [0.2, 0.25) is 0 Å². The number of fused-ring (bicyclic) bond motifs is 2. The molecule has 0 aliphatic carbocycles. The standard InChI is InChI=1S/C38H53N7O8/c1-7-13-24(4)39-38(52)42-28(20-27-14-10-9-11-15-27)33(47)41-29-22-53-37(51)31-19-23(3)21-45(31)34(48)25(5)40-32(46)26(6)43(17-8-2)36(50)30-16-12-18-44(30)35(29)49/h7,9-11,13-15,23,25-26,28-31H,8,12,16-22H2,1-6H3,(H,40,46)(H,41,47)(H,42,52)/b13-7-,39-24?. The summed E-state index contributed by atoms with van der Waals surface area (Å²) in [7, 11) is 0. The number of nitrogens with zero attached hydrogens (tertiary/aromatic N) is 4. The Hall–Kier alpha value is -5.08. The van der Waals surface area contributed by atoms with Gasteiger partial charge in [0.05, 0.1) is 0 Å². The van der Waals surface area contributed by atoms with E-state index < -0.39 is 84.4 Å². The summed E-state index contributed by atoms with van der Waals surface area (Å²) in [6, 6.07) is 1.72. The van der Waals surface area contributed by atoms with Gasteiger partial charge in [-0.1, -0.05) is 50.3 Å². The van der Waals surface area contributed by atoms with Gasteiger partial charge in [-0.25, -0.2) is 9.59 Å². The average Bonchev–Trinajstić information content (AvgIpc) is 3.78. The van der Waals surface area contributed by atoms with Crippen molar-refractivity contribution in [2.45, 2.75) is 110 Å². The number of carbonyl (C=O) groups excluding carboxylic acids is 7. The molecule has 0 aromatic heterocycles. The molecule has 7 unspecified atom stereocenters. The van der Waals surface area contributed by atoms with Crippen molar-refractivity contribution in [2.75, 3.05) is 26.2 Å². The molecule has 15 heteroatoms. The van der Waals surface area contributed by atoms with Crippen LogP contribution in [0.4, 0.5) is 4.79 Å².